The van der Waals surface area contributed by atoms with Gasteiger partial charge in [0.25, 0.3) is 0 Å². The van der Waals surface area contributed by atoms with Crippen molar-refractivity contribution in [3.8, 4) is 0 Å². The molecule has 0 aliphatic carbocycles. The summed E-state index contributed by atoms with van der Waals surface area (Å²) < 4.78 is 0. The Bertz CT molecular complexity index is 387. The summed E-state index contributed by atoms with van der Waals surface area (Å²) in [6, 6.07) is 4.12. The van der Waals surface area contributed by atoms with Gasteiger partial charge in [0.15, 0.2) is 5.82 Å². The van der Waals surface area contributed by atoms with E-state index in [1.165, 1.54) is 0 Å². The summed E-state index contributed by atoms with van der Waals surface area (Å²) >= 11 is 0. The molecular formula is C13H23N5. The van der Waals surface area contributed by atoms with E-state index in [1.807, 2.05) is 13.1 Å². The molecule has 1 aliphatic heterocycles. The molecule has 1 saturated heterocycles. The zero-order valence-electron chi connectivity index (χ0n) is 11.8. The number of hydrogen-bond donors (Lipinski definition) is 1. The molecule has 0 aromatic carbocycles. The number of anilines is 1. The summed E-state index contributed by atoms with van der Waals surface area (Å²) in [5.41, 5.74) is 1.17. The number of nitrogens with one attached hydrogen (secondary N) is 1. The highest BCUT2D eigenvalue weighted by atomic mass is 15.3. The van der Waals surface area contributed by atoms with E-state index in [4.69, 9.17) is 0 Å². The summed E-state index contributed by atoms with van der Waals surface area (Å²) in [7, 11) is 4.09. The molecule has 18 heavy (non-hydrogen) atoms. The van der Waals surface area contributed by atoms with Crippen LogP contribution in [0.3, 0.4) is 0 Å². The fourth-order valence-electron chi connectivity index (χ4n) is 2.23. The average Bonchev–Trinajstić information content (AvgIpc) is 2.34. The molecule has 1 aliphatic rings. The van der Waals surface area contributed by atoms with Crippen LogP contribution in [-0.2, 0) is 6.54 Å². The minimum atomic E-state index is 0.184. The van der Waals surface area contributed by atoms with Gasteiger partial charge in [-0.2, -0.15) is 5.10 Å². The van der Waals surface area contributed by atoms with E-state index in [0.29, 0.717) is 0 Å². The highest BCUT2D eigenvalue weighted by Crippen LogP contribution is 2.22. The second kappa shape index (κ2) is 5.20. The van der Waals surface area contributed by atoms with Crippen molar-refractivity contribution in [3.05, 3.63) is 17.8 Å². The van der Waals surface area contributed by atoms with E-state index in [-0.39, 0.29) is 5.54 Å². The Morgan fingerprint density at radius 1 is 1.28 bits per heavy atom. The maximum Gasteiger partial charge on any atom is 0.151 e. The Morgan fingerprint density at radius 2 is 2.06 bits per heavy atom. The van der Waals surface area contributed by atoms with Crippen LogP contribution in [0.1, 0.15) is 19.5 Å². The van der Waals surface area contributed by atoms with Crippen LogP contribution in [-0.4, -0.2) is 54.4 Å². The van der Waals surface area contributed by atoms with Crippen molar-refractivity contribution < 1.29 is 0 Å². The highest BCUT2D eigenvalue weighted by Gasteiger charge is 2.31. The maximum absolute atomic E-state index is 4.33. The second-order valence-corrected chi connectivity index (χ2v) is 5.57. The topological polar surface area (TPSA) is 44.3 Å². The maximum atomic E-state index is 4.33. The smallest absolute Gasteiger partial charge is 0.151 e. The predicted molar refractivity (Wildman–Crippen MR) is 73.7 cm³/mol. The molecule has 2 rings (SSSR count). The molecule has 0 saturated carbocycles. The van der Waals surface area contributed by atoms with Crippen molar-refractivity contribution in [2.24, 2.45) is 0 Å². The fourth-order valence-corrected chi connectivity index (χ4v) is 2.23. The second-order valence-electron chi connectivity index (χ2n) is 5.57. The predicted octanol–water partition coefficient (Wildman–Crippen LogP) is 0.726. The molecule has 0 unspecified atom stereocenters. The lowest BCUT2D eigenvalue weighted by Crippen LogP contribution is -2.57. The van der Waals surface area contributed by atoms with Gasteiger partial charge in [0.05, 0.1) is 5.69 Å². The van der Waals surface area contributed by atoms with Crippen LogP contribution in [0, 0.1) is 0 Å². The van der Waals surface area contributed by atoms with Gasteiger partial charge in [0.1, 0.15) is 0 Å². The van der Waals surface area contributed by atoms with E-state index in [9.17, 15) is 0 Å². The Hall–Kier alpha value is -1.20. The van der Waals surface area contributed by atoms with Gasteiger partial charge in [-0.1, -0.05) is 0 Å². The molecule has 100 valence electrons. The minimum absolute atomic E-state index is 0.184. The van der Waals surface area contributed by atoms with Crippen LogP contribution in [0.15, 0.2) is 12.1 Å². The van der Waals surface area contributed by atoms with Crippen molar-refractivity contribution in [1.82, 2.24) is 20.4 Å². The standard InChI is InChI=1S/C13H23N5/c1-13(2)10-18(8-7-17(13)4)12-6-5-11(9-14-3)15-16-12/h5-6,14H,7-10H2,1-4H3. The molecule has 0 spiro atoms. The van der Waals surface area contributed by atoms with Crippen LogP contribution < -0.4 is 10.2 Å². The summed E-state index contributed by atoms with van der Waals surface area (Å²) in [6.45, 7) is 8.36. The quantitative estimate of drug-likeness (QED) is 0.855. The third kappa shape index (κ3) is 2.79. The van der Waals surface area contributed by atoms with Gasteiger partial charge in [-0.05, 0) is 40.1 Å². The molecule has 0 atom stereocenters. The zero-order chi connectivity index (χ0) is 13.2. The highest BCUT2D eigenvalue weighted by molar-refractivity contribution is 5.39. The first-order chi connectivity index (χ1) is 8.53. The third-order valence-electron chi connectivity index (χ3n) is 3.70. The summed E-state index contributed by atoms with van der Waals surface area (Å²) in [6.07, 6.45) is 0. The molecule has 0 amide bonds. The van der Waals surface area contributed by atoms with Crippen LogP contribution >= 0.6 is 0 Å². The molecule has 1 N–H and O–H groups in total. The molecule has 1 aromatic rings. The number of likely N-dealkylation sites (N-methyl/N-ethyl adjacent to an activating group) is 1. The van der Waals surface area contributed by atoms with E-state index in [1.54, 1.807) is 0 Å². The Morgan fingerprint density at radius 3 is 2.61 bits per heavy atom. The van der Waals surface area contributed by atoms with Crippen LogP contribution in [0.5, 0.6) is 0 Å². The van der Waals surface area contributed by atoms with Gasteiger partial charge < -0.3 is 10.2 Å². The molecule has 5 nitrogen and oxygen atoms in total. The van der Waals surface area contributed by atoms with Gasteiger partial charge in [0, 0.05) is 31.7 Å². The van der Waals surface area contributed by atoms with E-state index < -0.39 is 0 Å². The first-order valence-electron chi connectivity index (χ1n) is 6.46. The van der Waals surface area contributed by atoms with Crippen molar-refractivity contribution in [1.29, 1.82) is 0 Å². The molecule has 5 heteroatoms. The number of hydrogen-bond acceptors (Lipinski definition) is 5. The monoisotopic (exact) mass is 249 g/mol. The lowest BCUT2D eigenvalue weighted by atomic mass is 10.00. The van der Waals surface area contributed by atoms with Crippen LogP contribution in [0.4, 0.5) is 5.82 Å². The number of rotatable bonds is 3. The van der Waals surface area contributed by atoms with Crippen molar-refractivity contribution in [2.75, 3.05) is 38.6 Å². The third-order valence-corrected chi connectivity index (χ3v) is 3.70. The molecule has 0 bridgehead atoms. The molecule has 0 radical (unpaired) electrons. The first kappa shape index (κ1) is 13.2. The number of nitrogens with zero attached hydrogens (tertiary/aromatic N) is 4. The molecule has 2 heterocycles. The molecule has 1 aromatic heterocycles. The Balaban J connectivity index is 2.08. The number of piperazine rings is 1. The SMILES string of the molecule is CNCc1ccc(N2CCN(C)C(C)(C)C2)nn1. The van der Waals surface area contributed by atoms with E-state index in [2.05, 4.69) is 52.3 Å². The largest absolute Gasteiger partial charge is 0.352 e. The van der Waals surface area contributed by atoms with Gasteiger partial charge in [0.2, 0.25) is 0 Å². The van der Waals surface area contributed by atoms with Gasteiger partial charge in [-0.15, -0.1) is 5.10 Å². The van der Waals surface area contributed by atoms with Crippen LogP contribution in [0.2, 0.25) is 0 Å². The van der Waals surface area contributed by atoms with Gasteiger partial charge in [-0.3, -0.25) is 4.90 Å². The summed E-state index contributed by atoms with van der Waals surface area (Å²) in [4.78, 5) is 4.71. The lowest BCUT2D eigenvalue weighted by Gasteiger charge is -2.45. The van der Waals surface area contributed by atoms with E-state index >= 15 is 0 Å². The van der Waals surface area contributed by atoms with Crippen molar-refractivity contribution in [3.63, 3.8) is 0 Å². The van der Waals surface area contributed by atoms with E-state index in [0.717, 1.165) is 37.7 Å². The zero-order valence-corrected chi connectivity index (χ0v) is 11.8. The van der Waals surface area contributed by atoms with Gasteiger partial charge in [-0.25, -0.2) is 0 Å². The lowest BCUT2D eigenvalue weighted by molar-refractivity contribution is 0.138. The summed E-state index contributed by atoms with van der Waals surface area (Å²) in [5, 5.41) is 11.7. The number of aromatic nitrogens is 2. The normalized spacial score (nSPS) is 20.1. The fraction of sp³-hybridized carbons (Fsp3) is 0.692. The minimum Gasteiger partial charge on any atom is -0.352 e. The van der Waals surface area contributed by atoms with Crippen molar-refractivity contribution >= 4 is 5.82 Å². The molecule has 1 fully saturated rings. The Labute approximate surface area is 109 Å². The first-order valence-corrected chi connectivity index (χ1v) is 6.46. The van der Waals surface area contributed by atoms with Crippen LogP contribution in [0.25, 0.3) is 0 Å². The van der Waals surface area contributed by atoms with Gasteiger partial charge >= 0.3 is 0 Å². The Kier molecular flexibility index (Phi) is 3.82. The average molecular weight is 249 g/mol. The molecular weight excluding hydrogens is 226 g/mol. The van der Waals surface area contributed by atoms with Crippen molar-refractivity contribution in [2.45, 2.75) is 25.9 Å². The summed E-state index contributed by atoms with van der Waals surface area (Å²) in [5.74, 6) is 0.982.